The molecule has 92 valence electrons. The maximum atomic E-state index is 9.60. The van der Waals surface area contributed by atoms with Crippen molar-refractivity contribution in [3.8, 4) is 0 Å². The quantitative estimate of drug-likeness (QED) is 0.575. The fraction of sp³-hybridized carbons (Fsp3) is 0.333. The average Bonchev–Trinajstić information content (AvgIpc) is 2.18. The molecule has 0 spiro atoms. The van der Waals surface area contributed by atoms with Crippen molar-refractivity contribution in [1.29, 1.82) is 0 Å². The smallest absolute Gasteiger partial charge is 0.330 e. The van der Waals surface area contributed by atoms with Gasteiger partial charge in [-0.1, -0.05) is 26.2 Å². The van der Waals surface area contributed by atoms with Crippen LogP contribution in [0.1, 0.15) is 27.2 Å². The molecule has 4 nitrogen and oxygen atoms in total. The van der Waals surface area contributed by atoms with Gasteiger partial charge in [0.1, 0.15) is 0 Å². The zero-order valence-electron chi connectivity index (χ0n) is 10.1. The van der Waals surface area contributed by atoms with Crippen molar-refractivity contribution < 1.29 is 19.8 Å². The minimum atomic E-state index is -0.935. The Hall–Kier alpha value is -1.84. The molecule has 0 bridgehead atoms. The lowest BCUT2D eigenvalue weighted by Crippen LogP contribution is -1.92. The van der Waals surface area contributed by atoms with Crippen LogP contribution in [0.3, 0.4) is 0 Å². The highest BCUT2D eigenvalue weighted by Crippen LogP contribution is 1.81. The third kappa shape index (κ3) is 29.5. The van der Waals surface area contributed by atoms with Gasteiger partial charge < -0.3 is 10.2 Å². The molecule has 0 aromatic carbocycles. The van der Waals surface area contributed by atoms with Crippen molar-refractivity contribution in [3.63, 3.8) is 0 Å². The molecule has 0 aliphatic rings. The average molecular weight is 228 g/mol. The van der Waals surface area contributed by atoms with Gasteiger partial charge in [0.15, 0.2) is 0 Å². The van der Waals surface area contributed by atoms with E-state index in [1.807, 2.05) is 6.08 Å². The van der Waals surface area contributed by atoms with Crippen LogP contribution in [-0.2, 0) is 9.59 Å². The molecule has 0 aromatic heterocycles. The van der Waals surface area contributed by atoms with E-state index in [4.69, 9.17) is 10.2 Å². The first kappa shape index (κ1) is 19.7. The van der Waals surface area contributed by atoms with Crippen LogP contribution in [0.25, 0.3) is 0 Å². The summed E-state index contributed by atoms with van der Waals surface area (Å²) in [5.74, 6) is -1.87. The maximum absolute atomic E-state index is 9.60. The highest BCUT2D eigenvalue weighted by Gasteiger charge is 1.90. The van der Waals surface area contributed by atoms with Crippen LogP contribution < -0.4 is 0 Å². The summed E-state index contributed by atoms with van der Waals surface area (Å²) in [6.45, 7) is 14.7. The summed E-state index contributed by atoms with van der Waals surface area (Å²) >= 11 is 0. The van der Waals surface area contributed by atoms with Crippen LogP contribution in [0.15, 0.2) is 37.0 Å². The first-order chi connectivity index (χ1) is 7.20. The molecular weight excluding hydrogens is 208 g/mol. The fourth-order valence-corrected chi connectivity index (χ4v) is 0. The van der Waals surface area contributed by atoms with E-state index in [0.29, 0.717) is 0 Å². The molecule has 2 N–H and O–H groups in total. The summed E-state index contributed by atoms with van der Waals surface area (Å²) in [5.41, 5.74) is 0.352. The van der Waals surface area contributed by atoms with Crippen LogP contribution in [0.2, 0.25) is 0 Å². The Morgan fingerprint density at radius 1 is 1.06 bits per heavy atom. The molecule has 0 aliphatic carbocycles. The Balaban J connectivity index is -0.000000162. The van der Waals surface area contributed by atoms with Crippen molar-refractivity contribution in [2.45, 2.75) is 27.2 Å². The topological polar surface area (TPSA) is 74.6 Å². The van der Waals surface area contributed by atoms with Gasteiger partial charge in [0.2, 0.25) is 0 Å². The van der Waals surface area contributed by atoms with Gasteiger partial charge in [-0.15, -0.1) is 6.58 Å². The molecule has 4 heteroatoms. The van der Waals surface area contributed by atoms with Gasteiger partial charge in [0.05, 0.1) is 0 Å². The number of carboxylic acids is 2. The predicted molar refractivity (Wildman–Crippen MR) is 65.4 cm³/mol. The van der Waals surface area contributed by atoms with Crippen molar-refractivity contribution in [2.24, 2.45) is 0 Å². The normalized spacial score (nSPS) is 7.19. The van der Waals surface area contributed by atoms with Crippen LogP contribution in [-0.4, -0.2) is 22.2 Å². The zero-order chi connectivity index (χ0) is 13.7. The second-order valence-electron chi connectivity index (χ2n) is 2.87. The van der Waals surface area contributed by atoms with E-state index in [1.54, 1.807) is 0 Å². The summed E-state index contributed by atoms with van der Waals surface area (Å²) in [6, 6.07) is 0. The summed E-state index contributed by atoms with van der Waals surface area (Å²) < 4.78 is 0. The SMILES string of the molecule is C=C(C)C(=O)O.C=C(C)C(=O)O.C=CCC. The van der Waals surface area contributed by atoms with E-state index < -0.39 is 11.9 Å². The van der Waals surface area contributed by atoms with Gasteiger partial charge in [0, 0.05) is 11.1 Å². The van der Waals surface area contributed by atoms with Gasteiger partial charge in [-0.25, -0.2) is 9.59 Å². The van der Waals surface area contributed by atoms with E-state index in [9.17, 15) is 9.59 Å². The molecule has 0 rings (SSSR count). The second kappa shape index (κ2) is 13.2. The van der Waals surface area contributed by atoms with Crippen LogP contribution >= 0.6 is 0 Å². The van der Waals surface area contributed by atoms with Gasteiger partial charge in [-0.3, -0.25) is 0 Å². The number of carboxylic acid groups (broad SMARTS) is 2. The third-order valence-electron chi connectivity index (χ3n) is 1.02. The second-order valence-corrected chi connectivity index (χ2v) is 2.87. The Morgan fingerprint density at radius 3 is 1.19 bits per heavy atom. The van der Waals surface area contributed by atoms with Crippen molar-refractivity contribution >= 4 is 11.9 Å². The van der Waals surface area contributed by atoms with Gasteiger partial charge in [-0.2, -0.15) is 0 Å². The minimum Gasteiger partial charge on any atom is -0.478 e. The molecule has 0 aliphatic heterocycles. The third-order valence-corrected chi connectivity index (χ3v) is 1.02. The van der Waals surface area contributed by atoms with Gasteiger partial charge in [-0.05, 0) is 20.3 Å². The van der Waals surface area contributed by atoms with E-state index in [2.05, 4.69) is 26.7 Å². The number of carbonyl (C=O) groups is 2. The molecule has 0 radical (unpaired) electrons. The van der Waals surface area contributed by atoms with E-state index in [0.717, 1.165) is 6.42 Å². The molecule has 0 heterocycles. The van der Waals surface area contributed by atoms with Crippen molar-refractivity contribution in [3.05, 3.63) is 37.0 Å². The predicted octanol–water partition coefficient (Wildman–Crippen LogP) is 2.88. The van der Waals surface area contributed by atoms with E-state index in [1.165, 1.54) is 13.8 Å². The molecule has 0 fully saturated rings. The highest BCUT2D eigenvalue weighted by molar-refractivity contribution is 5.85. The van der Waals surface area contributed by atoms with Crippen molar-refractivity contribution in [1.82, 2.24) is 0 Å². The molecule has 16 heavy (non-hydrogen) atoms. The first-order valence-electron chi connectivity index (χ1n) is 4.59. The Morgan fingerprint density at radius 2 is 1.19 bits per heavy atom. The molecule has 0 atom stereocenters. The lowest BCUT2D eigenvalue weighted by Gasteiger charge is -1.79. The molecule has 0 saturated heterocycles. The minimum absolute atomic E-state index is 0.176. The lowest BCUT2D eigenvalue weighted by molar-refractivity contribution is -0.133. The number of allylic oxidation sites excluding steroid dienone is 1. The van der Waals surface area contributed by atoms with E-state index in [-0.39, 0.29) is 11.1 Å². The van der Waals surface area contributed by atoms with Gasteiger partial charge in [0.25, 0.3) is 0 Å². The standard InChI is InChI=1S/2C4H6O2.C4H8/c2*1-3(2)4(5)6;1-3-4-2/h2*1H2,2H3,(H,5,6);3H,1,4H2,2H3. The summed E-state index contributed by atoms with van der Waals surface area (Å²) in [4.78, 5) is 19.2. The molecule has 0 amide bonds. The maximum Gasteiger partial charge on any atom is 0.330 e. The Kier molecular flexibility index (Phi) is 16.2. The lowest BCUT2D eigenvalue weighted by atomic mass is 10.4. The Labute approximate surface area is 96.6 Å². The summed E-state index contributed by atoms with van der Waals surface area (Å²) in [6.07, 6.45) is 2.96. The van der Waals surface area contributed by atoms with Crippen molar-refractivity contribution in [2.75, 3.05) is 0 Å². The monoisotopic (exact) mass is 228 g/mol. The number of rotatable bonds is 3. The molecule has 0 saturated carbocycles. The number of hydrogen-bond donors (Lipinski definition) is 2. The summed E-state index contributed by atoms with van der Waals surface area (Å²) in [7, 11) is 0. The molecule has 0 aromatic rings. The molecular formula is C12H20O4. The van der Waals surface area contributed by atoms with Gasteiger partial charge >= 0.3 is 11.9 Å². The van der Waals surface area contributed by atoms with Crippen LogP contribution in [0, 0.1) is 0 Å². The number of aliphatic carboxylic acids is 2. The Bertz CT molecular complexity index is 216. The number of hydrogen-bond acceptors (Lipinski definition) is 2. The first-order valence-corrected chi connectivity index (χ1v) is 4.59. The van der Waals surface area contributed by atoms with E-state index >= 15 is 0 Å². The fourth-order valence-electron chi connectivity index (χ4n) is 0. The molecule has 0 unspecified atom stereocenters. The van der Waals surface area contributed by atoms with Crippen LogP contribution in [0.4, 0.5) is 0 Å². The largest absolute Gasteiger partial charge is 0.478 e. The zero-order valence-corrected chi connectivity index (χ0v) is 10.1. The van der Waals surface area contributed by atoms with Crippen LogP contribution in [0.5, 0.6) is 0 Å². The summed E-state index contributed by atoms with van der Waals surface area (Å²) in [5, 5.41) is 15.8. The highest BCUT2D eigenvalue weighted by atomic mass is 16.4.